The summed E-state index contributed by atoms with van der Waals surface area (Å²) in [6.45, 7) is -0.0000874. The van der Waals surface area contributed by atoms with Crippen LogP contribution in [0.15, 0.2) is 102 Å². The highest BCUT2D eigenvalue weighted by molar-refractivity contribution is 6.32. The number of phenolic OH excluding ortho intramolecular Hbond substituents is 1. The molecular formula is C40H31ClF6N2O5. The van der Waals surface area contributed by atoms with Crippen LogP contribution < -0.4 is 9.64 Å². The van der Waals surface area contributed by atoms with E-state index in [0.717, 1.165) is 11.1 Å². The van der Waals surface area contributed by atoms with Gasteiger partial charge in [0.2, 0.25) is 11.8 Å². The molecule has 3 aliphatic rings. The van der Waals surface area contributed by atoms with Crippen LogP contribution in [0.25, 0.3) is 11.6 Å². The van der Waals surface area contributed by atoms with E-state index >= 15 is 0 Å². The van der Waals surface area contributed by atoms with Gasteiger partial charge in [-0.25, -0.2) is 4.90 Å². The van der Waals surface area contributed by atoms with E-state index in [-0.39, 0.29) is 31.5 Å². The number of benzene rings is 3. The molecule has 0 unspecified atom stereocenters. The van der Waals surface area contributed by atoms with Crippen molar-refractivity contribution in [1.82, 2.24) is 4.98 Å². The number of hydrogen-bond donors (Lipinski definition) is 1. The van der Waals surface area contributed by atoms with Gasteiger partial charge < -0.3 is 14.6 Å². The van der Waals surface area contributed by atoms with Crippen molar-refractivity contribution in [2.75, 3.05) is 18.1 Å². The number of aromatic nitrogens is 1. The van der Waals surface area contributed by atoms with E-state index in [0.29, 0.717) is 57.5 Å². The van der Waals surface area contributed by atoms with Gasteiger partial charge in [0.15, 0.2) is 0 Å². The van der Waals surface area contributed by atoms with E-state index in [9.17, 15) is 41.0 Å². The van der Waals surface area contributed by atoms with Crippen LogP contribution in [0.1, 0.15) is 41.6 Å². The monoisotopic (exact) mass is 768 g/mol. The molecule has 1 aliphatic carbocycles. The van der Waals surface area contributed by atoms with E-state index in [1.807, 2.05) is 24.3 Å². The van der Waals surface area contributed by atoms with Crippen LogP contribution in [0.5, 0.6) is 11.5 Å². The Morgan fingerprint density at radius 1 is 0.907 bits per heavy atom. The third-order valence-corrected chi connectivity index (χ3v) is 10.3. The zero-order valence-electron chi connectivity index (χ0n) is 28.2. The minimum Gasteiger partial charge on any atom is -0.508 e. The number of para-hydroxylation sites is 1. The number of carbonyl (C=O) groups is 2. The van der Waals surface area contributed by atoms with Crippen LogP contribution in [0, 0.1) is 17.8 Å². The predicted octanol–water partition coefficient (Wildman–Crippen LogP) is 9.40. The molecule has 7 nitrogen and oxygen atoms in total. The molecule has 0 bridgehead atoms. The summed E-state index contributed by atoms with van der Waals surface area (Å²) >= 11 is 6.43. The number of halogens is 7. The Morgan fingerprint density at radius 2 is 1.61 bits per heavy atom. The summed E-state index contributed by atoms with van der Waals surface area (Å²) in [5.41, 5.74) is -0.586. The maximum atomic E-state index is 14.1. The zero-order valence-corrected chi connectivity index (χ0v) is 29.0. The van der Waals surface area contributed by atoms with Crippen molar-refractivity contribution < 1.29 is 50.5 Å². The lowest BCUT2D eigenvalue weighted by molar-refractivity contribution is -0.143. The topological polar surface area (TPSA) is 89.0 Å². The number of amides is 2. The van der Waals surface area contributed by atoms with E-state index < -0.39 is 64.8 Å². The van der Waals surface area contributed by atoms with Crippen molar-refractivity contribution in [3.05, 3.63) is 130 Å². The van der Waals surface area contributed by atoms with Gasteiger partial charge in [-0.2, -0.15) is 26.3 Å². The number of nitrogens with zero attached hydrogens (tertiary/aromatic N) is 2. The molecule has 54 heavy (non-hydrogen) atoms. The van der Waals surface area contributed by atoms with Crippen LogP contribution in [0.2, 0.25) is 5.02 Å². The minimum absolute atomic E-state index is 0.00193. The van der Waals surface area contributed by atoms with E-state index in [4.69, 9.17) is 21.1 Å². The summed E-state index contributed by atoms with van der Waals surface area (Å²) in [6, 6.07) is 19.6. The van der Waals surface area contributed by atoms with Gasteiger partial charge in [0.05, 0.1) is 52.1 Å². The molecule has 2 saturated heterocycles. The number of allylic oxidation sites excluding steroid dienone is 1. The molecule has 0 radical (unpaired) electrons. The fraction of sp³-hybridized carbons (Fsp3) is 0.275. The average molecular weight is 769 g/mol. The van der Waals surface area contributed by atoms with Crippen molar-refractivity contribution in [3.8, 4) is 11.5 Å². The third kappa shape index (κ3) is 7.47. The van der Waals surface area contributed by atoms with Gasteiger partial charge in [-0.05, 0) is 108 Å². The molecule has 3 aromatic carbocycles. The van der Waals surface area contributed by atoms with Crippen molar-refractivity contribution in [2.24, 2.45) is 17.8 Å². The highest BCUT2D eigenvalue weighted by Gasteiger charge is 2.58. The summed E-state index contributed by atoms with van der Waals surface area (Å²) in [5.74, 6) is -4.07. The molecule has 0 saturated carbocycles. The average Bonchev–Trinajstić information content (AvgIpc) is 3.67. The Kier molecular flexibility index (Phi) is 10.0. The number of rotatable bonds is 9. The van der Waals surface area contributed by atoms with Gasteiger partial charge in [0.25, 0.3) is 0 Å². The van der Waals surface area contributed by atoms with Crippen molar-refractivity contribution in [1.29, 1.82) is 0 Å². The number of phenols is 1. The van der Waals surface area contributed by atoms with Crippen molar-refractivity contribution in [2.45, 2.75) is 37.7 Å². The van der Waals surface area contributed by atoms with Gasteiger partial charge in [0.1, 0.15) is 18.1 Å². The quantitative estimate of drug-likeness (QED) is 0.104. The summed E-state index contributed by atoms with van der Waals surface area (Å²) in [4.78, 5) is 33.0. The maximum Gasteiger partial charge on any atom is 0.416 e. The molecule has 14 heteroatoms. The molecule has 2 aliphatic heterocycles. The summed E-state index contributed by atoms with van der Waals surface area (Å²) < 4.78 is 95.1. The Balaban J connectivity index is 1.23. The lowest BCUT2D eigenvalue weighted by Crippen LogP contribution is -2.35. The summed E-state index contributed by atoms with van der Waals surface area (Å²) in [6.07, 6.45) is -6.66. The molecule has 2 fully saturated rings. The third-order valence-electron chi connectivity index (χ3n) is 9.98. The van der Waals surface area contributed by atoms with Gasteiger partial charge in [-0.3, -0.25) is 14.6 Å². The number of hydrogen-bond acceptors (Lipinski definition) is 6. The number of carbonyl (C=O) groups excluding carboxylic acids is 2. The second-order valence-corrected chi connectivity index (χ2v) is 13.7. The van der Waals surface area contributed by atoms with Gasteiger partial charge in [0, 0.05) is 12.1 Å². The molecule has 3 heterocycles. The lowest BCUT2D eigenvalue weighted by atomic mass is 9.69. The van der Waals surface area contributed by atoms with E-state index in [1.165, 1.54) is 12.1 Å². The molecule has 280 valence electrons. The molecule has 0 spiro atoms. The Morgan fingerprint density at radius 3 is 2.26 bits per heavy atom. The SMILES string of the molecule is O=C1[C@@H]2[C@@H](CC(COc3ccccc3)=C3[C@@H](CC/C(=C/c4ccc(O)cc4Cl)c4ccccn4)OC[C@@H]32)C(=O)N1c1cc(C(F)(F)F)cc(C(F)(F)F)c1. The Labute approximate surface area is 310 Å². The molecule has 4 atom stereocenters. The first kappa shape index (κ1) is 37.2. The standard InChI is InChI=1S/C40H31ClF6N2O5/c41-32-19-28(50)11-9-22(32)14-23(33-8-4-5-13-48-33)10-12-34-35-24(20-53-29-6-2-1-3-7-29)15-30-36(31(35)21-54-34)38(52)49(37(30)51)27-17-25(39(42,43)44)16-26(18-27)40(45,46)47/h1-9,11,13-14,16-19,30-31,34,36,50H,10,12,15,20-21H2/b23-14-/t30-,31+,34-,36-/m1/s1. The number of ether oxygens (including phenoxy) is 2. The van der Waals surface area contributed by atoms with Crippen LogP contribution >= 0.6 is 11.6 Å². The largest absolute Gasteiger partial charge is 0.508 e. The first-order valence-corrected chi connectivity index (χ1v) is 17.4. The number of anilines is 1. The summed E-state index contributed by atoms with van der Waals surface area (Å²) in [7, 11) is 0. The molecule has 1 N–H and O–H groups in total. The minimum atomic E-state index is -5.17. The normalized spacial score (nSPS) is 21.8. The second-order valence-electron chi connectivity index (χ2n) is 13.3. The number of fused-ring (bicyclic) bond motifs is 3. The molecule has 1 aromatic heterocycles. The predicted molar refractivity (Wildman–Crippen MR) is 187 cm³/mol. The van der Waals surface area contributed by atoms with Gasteiger partial charge in [-0.1, -0.05) is 35.9 Å². The van der Waals surface area contributed by atoms with Crippen LogP contribution in [0.3, 0.4) is 0 Å². The lowest BCUT2D eigenvalue weighted by Gasteiger charge is -2.31. The van der Waals surface area contributed by atoms with Crippen LogP contribution in [0.4, 0.5) is 32.0 Å². The number of imide groups is 1. The van der Waals surface area contributed by atoms with Gasteiger partial charge >= 0.3 is 12.4 Å². The molecule has 2 amide bonds. The fourth-order valence-electron chi connectivity index (χ4n) is 7.55. The molecular weight excluding hydrogens is 738 g/mol. The summed E-state index contributed by atoms with van der Waals surface area (Å²) in [5, 5.41) is 10.2. The first-order chi connectivity index (χ1) is 25.7. The second kappa shape index (κ2) is 14.6. The Hall–Kier alpha value is -5.14. The number of aromatic hydroxyl groups is 1. The van der Waals surface area contributed by atoms with E-state index in [2.05, 4.69) is 4.98 Å². The fourth-order valence-corrected chi connectivity index (χ4v) is 7.78. The molecule has 4 aromatic rings. The highest BCUT2D eigenvalue weighted by Crippen LogP contribution is 2.51. The van der Waals surface area contributed by atoms with Crippen molar-refractivity contribution >= 4 is 40.8 Å². The van der Waals surface area contributed by atoms with Crippen LogP contribution in [-0.4, -0.2) is 41.2 Å². The smallest absolute Gasteiger partial charge is 0.416 e. The highest BCUT2D eigenvalue weighted by atomic mass is 35.5. The van der Waals surface area contributed by atoms with Gasteiger partial charge in [-0.15, -0.1) is 0 Å². The van der Waals surface area contributed by atoms with Crippen LogP contribution in [-0.2, 0) is 26.7 Å². The maximum absolute atomic E-state index is 14.1. The Bertz CT molecular complexity index is 2110. The number of alkyl halides is 6. The zero-order chi connectivity index (χ0) is 38.4. The van der Waals surface area contributed by atoms with Crippen molar-refractivity contribution in [3.63, 3.8) is 0 Å². The molecule has 7 rings (SSSR count). The number of pyridine rings is 1. The first-order valence-electron chi connectivity index (χ1n) is 17.0. The van der Waals surface area contributed by atoms with E-state index in [1.54, 1.807) is 42.6 Å².